The molecule has 4 fully saturated rings. The summed E-state index contributed by atoms with van der Waals surface area (Å²) in [6.45, 7) is 6.47. The van der Waals surface area contributed by atoms with Gasteiger partial charge in [-0.3, -0.25) is 4.79 Å². The van der Waals surface area contributed by atoms with E-state index >= 15 is 0 Å². The van der Waals surface area contributed by atoms with Gasteiger partial charge >= 0.3 is 24.2 Å². The van der Waals surface area contributed by atoms with Crippen LogP contribution in [0.2, 0.25) is 0 Å². The van der Waals surface area contributed by atoms with Crippen LogP contribution >= 0.6 is 0 Å². The normalized spacial score (nSPS) is 42.5. The molecule has 0 aromatic heterocycles. The van der Waals surface area contributed by atoms with E-state index in [-0.39, 0.29) is 53.4 Å². The van der Waals surface area contributed by atoms with Crippen molar-refractivity contribution < 1.29 is 38.5 Å². The first-order valence-corrected chi connectivity index (χ1v) is 13.9. The number of rotatable bonds is 7. The number of carbonyl (C=O) groups is 4. The first-order chi connectivity index (χ1) is 17.8. The first-order valence-electron chi connectivity index (χ1n) is 13.9. The summed E-state index contributed by atoms with van der Waals surface area (Å²) in [5.74, 6) is -0.372. The van der Waals surface area contributed by atoms with Crippen LogP contribution in [0.15, 0.2) is 0 Å². The quantitative estimate of drug-likeness (QED) is 0.352. The van der Waals surface area contributed by atoms with Crippen LogP contribution in [0.4, 0.5) is 14.4 Å². The highest BCUT2D eigenvalue weighted by Gasteiger charge is 2.67. The van der Waals surface area contributed by atoms with Gasteiger partial charge in [0.2, 0.25) is 0 Å². The molecule has 0 radical (unpaired) electrons. The minimum atomic E-state index is -0.831. The Labute approximate surface area is 223 Å². The Kier molecular flexibility index (Phi) is 7.78. The Morgan fingerprint density at radius 3 is 2.16 bits per heavy atom. The molecular formula is C27H43N3O8. The number of carboxylic acids is 1. The molecule has 0 aromatic carbocycles. The molecule has 4 aliphatic carbocycles. The van der Waals surface area contributed by atoms with Gasteiger partial charge in [0.1, 0.15) is 18.3 Å². The van der Waals surface area contributed by atoms with Gasteiger partial charge in [0, 0.05) is 17.8 Å². The molecule has 0 unspecified atom stereocenters. The van der Waals surface area contributed by atoms with E-state index < -0.39 is 41.9 Å². The summed E-state index contributed by atoms with van der Waals surface area (Å²) in [5.41, 5.74) is 15.8. The summed E-state index contributed by atoms with van der Waals surface area (Å²) >= 11 is 0. The van der Waals surface area contributed by atoms with Gasteiger partial charge in [0.25, 0.3) is 0 Å². The molecular weight excluding hydrogens is 494 g/mol. The standard InChI is InChI=1S/C27H43N3O8/c1-13(4-7-21(31)32)16-5-6-17-22-18(12-20(27(16,17)3)38-25(30)35)26(2)9-8-15(36-23(28)33)10-14(26)11-19(22)37-24(29)34/h13-20,22H,4-12H2,1-3H3,(H2,28,33)(H2,29,34)(H2,30,35)(H,31,32)/t13-,14+,15-,16-,17+,18+,19-,20+,22+,26+,27-/m1/s1. The predicted octanol–water partition coefficient (Wildman–Crippen LogP) is 3.76. The van der Waals surface area contributed by atoms with Crippen LogP contribution in [0.1, 0.15) is 78.6 Å². The number of carbonyl (C=O) groups excluding carboxylic acids is 3. The van der Waals surface area contributed by atoms with Gasteiger partial charge in [-0.2, -0.15) is 0 Å². The second-order valence-electron chi connectivity index (χ2n) is 12.7. The molecule has 4 saturated carbocycles. The molecule has 0 aromatic rings. The summed E-state index contributed by atoms with van der Waals surface area (Å²) in [6.07, 6.45) is 1.97. The van der Waals surface area contributed by atoms with Crippen LogP contribution in [0.5, 0.6) is 0 Å². The molecule has 4 aliphatic rings. The molecule has 4 rings (SSSR count). The van der Waals surface area contributed by atoms with E-state index in [0.717, 1.165) is 19.3 Å². The third-order valence-electron chi connectivity index (χ3n) is 11.1. The lowest BCUT2D eigenvalue weighted by atomic mass is 9.43. The number of carboxylic acid groups (broad SMARTS) is 1. The maximum absolute atomic E-state index is 12.1. The van der Waals surface area contributed by atoms with Crippen LogP contribution in [0, 0.1) is 46.3 Å². The summed E-state index contributed by atoms with van der Waals surface area (Å²) in [5, 5.41) is 9.27. The van der Waals surface area contributed by atoms with E-state index in [2.05, 4.69) is 20.8 Å². The minimum absolute atomic E-state index is 0.00626. The highest BCUT2D eigenvalue weighted by atomic mass is 16.6. The third-order valence-corrected chi connectivity index (χ3v) is 11.1. The number of aliphatic carboxylic acids is 1. The van der Waals surface area contributed by atoms with Crippen molar-refractivity contribution in [1.29, 1.82) is 0 Å². The van der Waals surface area contributed by atoms with Crippen molar-refractivity contribution in [2.24, 2.45) is 63.5 Å². The highest BCUT2D eigenvalue weighted by Crippen LogP contribution is 2.69. The monoisotopic (exact) mass is 537 g/mol. The summed E-state index contributed by atoms with van der Waals surface area (Å²) < 4.78 is 17.0. The minimum Gasteiger partial charge on any atom is -0.481 e. The number of hydrogen-bond acceptors (Lipinski definition) is 7. The van der Waals surface area contributed by atoms with E-state index in [9.17, 15) is 24.3 Å². The van der Waals surface area contributed by atoms with Gasteiger partial charge in [0.05, 0.1) is 0 Å². The van der Waals surface area contributed by atoms with Gasteiger partial charge in [-0.05, 0) is 86.4 Å². The molecule has 0 bridgehead atoms. The van der Waals surface area contributed by atoms with Gasteiger partial charge in [-0.25, -0.2) is 14.4 Å². The Bertz CT molecular complexity index is 961. The van der Waals surface area contributed by atoms with Crippen LogP contribution in [0.25, 0.3) is 0 Å². The van der Waals surface area contributed by atoms with E-state index in [1.54, 1.807) is 0 Å². The Morgan fingerprint density at radius 2 is 1.55 bits per heavy atom. The van der Waals surface area contributed by atoms with Crippen LogP contribution < -0.4 is 17.2 Å². The molecule has 0 aliphatic heterocycles. The largest absolute Gasteiger partial charge is 0.481 e. The van der Waals surface area contributed by atoms with Crippen molar-refractivity contribution in [3.05, 3.63) is 0 Å². The number of primary amides is 3. The van der Waals surface area contributed by atoms with E-state index in [0.29, 0.717) is 32.1 Å². The Morgan fingerprint density at radius 1 is 0.895 bits per heavy atom. The second-order valence-corrected chi connectivity index (χ2v) is 12.7. The average molecular weight is 538 g/mol. The maximum atomic E-state index is 12.1. The van der Waals surface area contributed by atoms with E-state index in [1.807, 2.05) is 0 Å². The zero-order valence-corrected chi connectivity index (χ0v) is 22.6. The Balaban J connectivity index is 1.71. The molecule has 3 amide bonds. The molecule has 7 N–H and O–H groups in total. The fraction of sp³-hybridized carbons (Fsp3) is 0.852. The van der Waals surface area contributed by atoms with E-state index in [4.69, 9.17) is 31.4 Å². The lowest BCUT2D eigenvalue weighted by Gasteiger charge is -2.64. The SMILES string of the molecule is C[C@H](CCC(=O)O)[C@H]1CC[C@H]2[C@@H]3[C@H](OC(N)=O)C[C@@H]4C[C@H](OC(N)=O)CC[C@]4(C)[C@H]3C[C@H](OC(N)=O)[C@]12C. The fourth-order valence-electron chi connectivity index (χ4n) is 9.47. The molecule has 214 valence electrons. The third kappa shape index (κ3) is 5.00. The smallest absolute Gasteiger partial charge is 0.404 e. The lowest BCUT2D eigenvalue weighted by Crippen LogP contribution is -2.63. The van der Waals surface area contributed by atoms with Crippen molar-refractivity contribution in [3.8, 4) is 0 Å². The van der Waals surface area contributed by atoms with Crippen molar-refractivity contribution in [2.45, 2.75) is 96.9 Å². The van der Waals surface area contributed by atoms with Crippen LogP contribution in [-0.2, 0) is 19.0 Å². The predicted molar refractivity (Wildman–Crippen MR) is 135 cm³/mol. The van der Waals surface area contributed by atoms with Crippen molar-refractivity contribution in [2.75, 3.05) is 0 Å². The molecule has 11 nitrogen and oxygen atoms in total. The summed E-state index contributed by atoms with van der Waals surface area (Å²) in [6, 6.07) is 0. The number of hydrogen-bond donors (Lipinski definition) is 4. The van der Waals surface area contributed by atoms with Crippen molar-refractivity contribution in [3.63, 3.8) is 0 Å². The zero-order valence-electron chi connectivity index (χ0n) is 22.6. The van der Waals surface area contributed by atoms with Gasteiger partial charge in [0.15, 0.2) is 0 Å². The second kappa shape index (κ2) is 10.4. The maximum Gasteiger partial charge on any atom is 0.404 e. The average Bonchev–Trinajstić information content (AvgIpc) is 3.16. The molecule has 11 heteroatoms. The number of nitrogens with two attached hydrogens (primary N) is 3. The molecule has 0 spiro atoms. The zero-order chi connectivity index (χ0) is 28.0. The van der Waals surface area contributed by atoms with E-state index in [1.165, 1.54) is 0 Å². The topological polar surface area (TPSA) is 194 Å². The molecule has 0 saturated heterocycles. The number of amides is 3. The van der Waals surface area contributed by atoms with Crippen molar-refractivity contribution in [1.82, 2.24) is 0 Å². The molecule has 11 atom stereocenters. The molecule has 38 heavy (non-hydrogen) atoms. The fourth-order valence-corrected chi connectivity index (χ4v) is 9.47. The van der Waals surface area contributed by atoms with Crippen LogP contribution in [0.3, 0.4) is 0 Å². The van der Waals surface area contributed by atoms with Crippen LogP contribution in [-0.4, -0.2) is 47.7 Å². The van der Waals surface area contributed by atoms with Gasteiger partial charge in [-0.1, -0.05) is 20.8 Å². The lowest BCUT2D eigenvalue weighted by molar-refractivity contribution is -0.205. The Hall–Kier alpha value is -2.72. The van der Waals surface area contributed by atoms with Gasteiger partial charge < -0.3 is 36.5 Å². The molecule has 0 heterocycles. The first kappa shape index (κ1) is 28.3. The number of fused-ring (bicyclic) bond motifs is 5. The summed E-state index contributed by atoms with van der Waals surface area (Å²) in [7, 11) is 0. The summed E-state index contributed by atoms with van der Waals surface area (Å²) in [4.78, 5) is 46.9. The van der Waals surface area contributed by atoms with Crippen molar-refractivity contribution >= 4 is 24.2 Å². The highest BCUT2D eigenvalue weighted by molar-refractivity contribution is 5.66. The number of ether oxygens (including phenoxy) is 3. The van der Waals surface area contributed by atoms with Gasteiger partial charge in [-0.15, -0.1) is 0 Å².